The lowest BCUT2D eigenvalue weighted by Gasteiger charge is -2.07. The summed E-state index contributed by atoms with van der Waals surface area (Å²) in [5, 5.41) is 11.4. The smallest absolute Gasteiger partial charge is 0.311 e. The van der Waals surface area contributed by atoms with E-state index in [9.17, 15) is 10.1 Å². The van der Waals surface area contributed by atoms with Gasteiger partial charge in [0.1, 0.15) is 11.8 Å². The lowest BCUT2D eigenvalue weighted by Crippen LogP contribution is -2.00. The number of hydrogen-bond acceptors (Lipinski definition) is 4. The monoisotopic (exact) mass is 292 g/mol. The van der Waals surface area contributed by atoms with Crippen molar-refractivity contribution in [1.29, 1.82) is 0 Å². The Morgan fingerprint density at radius 2 is 2.05 bits per heavy atom. The third kappa shape index (κ3) is 3.45. The molecule has 0 spiro atoms. The summed E-state index contributed by atoms with van der Waals surface area (Å²) in [6.07, 6.45) is 2.32. The van der Waals surface area contributed by atoms with Crippen LogP contribution in [0.25, 0.3) is 0 Å². The highest BCUT2D eigenvalue weighted by Gasteiger charge is 2.15. The number of nitro groups is 1. The van der Waals surface area contributed by atoms with Gasteiger partial charge in [0, 0.05) is 17.8 Å². The fourth-order valence-electron chi connectivity index (χ4n) is 1.70. The molecule has 1 aromatic carbocycles. The molecule has 20 heavy (non-hydrogen) atoms. The minimum Gasteiger partial charge on any atom is -0.482 e. The highest BCUT2D eigenvalue weighted by atomic mass is 35.5. The van der Waals surface area contributed by atoms with Crippen molar-refractivity contribution in [3.8, 4) is 5.75 Å². The molecule has 0 fully saturated rings. The van der Waals surface area contributed by atoms with Crippen molar-refractivity contribution in [1.82, 2.24) is 4.98 Å². The maximum absolute atomic E-state index is 11.0. The molecule has 0 aliphatic rings. The number of nitro benzene ring substituents is 1. The molecule has 0 unspecified atom stereocenters. The summed E-state index contributed by atoms with van der Waals surface area (Å²) in [6.45, 7) is 2.15. The van der Waals surface area contributed by atoms with E-state index in [2.05, 4.69) is 4.98 Å². The molecule has 0 N–H and O–H groups in total. The van der Waals surface area contributed by atoms with Gasteiger partial charge in [0.15, 0.2) is 5.75 Å². The van der Waals surface area contributed by atoms with Crippen molar-refractivity contribution in [2.24, 2.45) is 0 Å². The van der Waals surface area contributed by atoms with E-state index in [-0.39, 0.29) is 18.0 Å². The van der Waals surface area contributed by atoms with Crippen LogP contribution in [0.15, 0.2) is 36.5 Å². The third-order valence-electron chi connectivity index (χ3n) is 2.81. The molecule has 2 rings (SSSR count). The van der Waals surface area contributed by atoms with E-state index in [4.69, 9.17) is 16.3 Å². The van der Waals surface area contributed by atoms with Gasteiger partial charge in [-0.3, -0.25) is 10.1 Å². The Morgan fingerprint density at radius 1 is 1.30 bits per heavy atom. The molecular formula is C14H13ClN2O3. The zero-order valence-corrected chi connectivity index (χ0v) is 11.6. The van der Waals surface area contributed by atoms with Crippen LogP contribution in [0.4, 0.5) is 5.69 Å². The van der Waals surface area contributed by atoms with Crippen LogP contribution >= 0.6 is 11.6 Å². The summed E-state index contributed by atoms with van der Waals surface area (Å²) in [4.78, 5) is 14.5. The van der Waals surface area contributed by atoms with Crippen LogP contribution in [0.2, 0.25) is 5.15 Å². The first-order valence-corrected chi connectivity index (χ1v) is 6.48. The fraction of sp³-hybridized carbons (Fsp3) is 0.214. The number of pyridine rings is 1. The van der Waals surface area contributed by atoms with E-state index < -0.39 is 4.92 Å². The fourth-order valence-corrected chi connectivity index (χ4v) is 1.81. The summed E-state index contributed by atoms with van der Waals surface area (Å²) in [6, 6.07) is 8.40. The Hall–Kier alpha value is -2.14. The molecule has 2 aromatic rings. The van der Waals surface area contributed by atoms with Crippen LogP contribution in [0.1, 0.15) is 18.1 Å². The van der Waals surface area contributed by atoms with Crippen molar-refractivity contribution in [2.75, 3.05) is 0 Å². The van der Waals surface area contributed by atoms with Crippen molar-refractivity contribution < 1.29 is 9.66 Å². The molecular weight excluding hydrogens is 280 g/mol. The van der Waals surface area contributed by atoms with Gasteiger partial charge in [-0.2, -0.15) is 0 Å². The molecule has 0 atom stereocenters. The van der Waals surface area contributed by atoms with Gasteiger partial charge in [0.25, 0.3) is 0 Å². The maximum atomic E-state index is 11.0. The minimum absolute atomic E-state index is 0.0220. The molecule has 0 bridgehead atoms. The zero-order chi connectivity index (χ0) is 14.5. The molecule has 0 saturated carbocycles. The van der Waals surface area contributed by atoms with Gasteiger partial charge < -0.3 is 4.74 Å². The second-order valence-electron chi connectivity index (χ2n) is 4.19. The van der Waals surface area contributed by atoms with Gasteiger partial charge >= 0.3 is 5.69 Å². The van der Waals surface area contributed by atoms with Gasteiger partial charge in [-0.1, -0.05) is 30.7 Å². The standard InChI is InChI=1S/C14H13ClN2O3/c1-2-10-3-5-13(12(7-10)17(18)19)20-9-11-4-6-14(15)16-8-11/h3-8H,2,9H2,1H3. The Balaban J connectivity index is 2.16. The first-order valence-electron chi connectivity index (χ1n) is 6.10. The van der Waals surface area contributed by atoms with Crippen LogP contribution in [0.3, 0.4) is 0 Å². The van der Waals surface area contributed by atoms with E-state index >= 15 is 0 Å². The van der Waals surface area contributed by atoms with Crippen LogP contribution in [-0.2, 0) is 13.0 Å². The number of ether oxygens (including phenoxy) is 1. The molecule has 1 heterocycles. The molecule has 0 aliphatic heterocycles. The van der Waals surface area contributed by atoms with Gasteiger partial charge in [-0.05, 0) is 24.1 Å². The summed E-state index contributed by atoms with van der Waals surface area (Å²) < 4.78 is 5.50. The Kier molecular flexibility index (Phi) is 4.53. The molecule has 104 valence electrons. The lowest BCUT2D eigenvalue weighted by atomic mass is 10.1. The Bertz CT molecular complexity index is 614. The number of nitrogens with zero attached hydrogens (tertiary/aromatic N) is 2. The van der Waals surface area contributed by atoms with Crippen LogP contribution in [0.5, 0.6) is 5.75 Å². The molecule has 0 amide bonds. The minimum atomic E-state index is -0.436. The topological polar surface area (TPSA) is 65.3 Å². The predicted molar refractivity (Wildman–Crippen MR) is 76.1 cm³/mol. The van der Waals surface area contributed by atoms with Crippen LogP contribution in [0, 0.1) is 10.1 Å². The lowest BCUT2D eigenvalue weighted by molar-refractivity contribution is -0.386. The first kappa shape index (κ1) is 14.3. The number of rotatable bonds is 5. The Morgan fingerprint density at radius 3 is 2.65 bits per heavy atom. The molecule has 0 saturated heterocycles. The van der Waals surface area contributed by atoms with E-state index in [1.54, 1.807) is 24.4 Å². The van der Waals surface area contributed by atoms with Crippen LogP contribution in [-0.4, -0.2) is 9.91 Å². The SMILES string of the molecule is CCc1ccc(OCc2ccc(Cl)nc2)c([N+](=O)[O-])c1. The van der Waals surface area contributed by atoms with Gasteiger partial charge in [0.05, 0.1) is 4.92 Å². The molecule has 0 radical (unpaired) electrons. The van der Waals surface area contributed by atoms with Gasteiger partial charge in [-0.25, -0.2) is 4.98 Å². The number of benzene rings is 1. The van der Waals surface area contributed by atoms with E-state index in [1.165, 1.54) is 6.07 Å². The average molecular weight is 293 g/mol. The maximum Gasteiger partial charge on any atom is 0.311 e. The van der Waals surface area contributed by atoms with Gasteiger partial charge in [-0.15, -0.1) is 0 Å². The van der Waals surface area contributed by atoms with Crippen molar-refractivity contribution in [3.63, 3.8) is 0 Å². The predicted octanol–water partition coefficient (Wildman–Crippen LogP) is 3.78. The highest BCUT2D eigenvalue weighted by Crippen LogP contribution is 2.28. The van der Waals surface area contributed by atoms with E-state index in [0.29, 0.717) is 5.15 Å². The second kappa shape index (κ2) is 6.34. The third-order valence-corrected chi connectivity index (χ3v) is 3.03. The first-order chi connectivity index (χ1) is 9.60. The molecule has 6 heteroatoms. The van der Waals surface area contributed by atoms with Crippen molar-refractivity contribution in [3.05, 3.63) is 62.9 Å². The Labute approximate surface area is 121 Å². The highest BCUT2D eigenvalue weighted by molar-refractivity contribution is 6.29. The summed E-state index contributed by atoms with van der Waals surface area (Å²) in [5.74, 6) is 0.252. The quantitative estimate of drug-likeness (QED) is 0.478. The number of hydrogen-bond donors (Lipinski definition) is 0. The molecule has 5 nitrogen and oxygen atoms in total. The normalized spacial score (nSPS) is 10.3. The largest absolute Gasteiger partial charge is 0.482 e. The van der Waals surface area contributed by atoms with Crippen molar-refractivity contribution >= 4 is 17.3 Å². The second-order valence-corrected chi connectivity index (χ2v) is 4.58. The number of aromatic nitrogens is 1. The molecule has 0 aliphatic carbocycles. The van der Waals surface area contributed by atoms with Crippen LogP contribution < -0.4 is 4.74 Å². The van der Waals surface area contributed by atoms with Crippen molar-refractivity contribution in [2.45, 2.75) is 20.0 Å². The summed E-state index contributed by atoms with van der Waals surface area (Å²) in [5.41, 5.74) is 1.67. The van der Waals surface area contributed by atoms with E-state index in [1.807, 2.05) is 13.0 Å². The van der Waals surface area contributed by atoms with E-state index in [0.717, 1.165) is 17.5 Å². The van der Waals surface area contributed by atoms with Gasteiger partial charge in [0.2, 0.25) is 0 Å². The summed E-state index contributed by atoms with van der Waals surface area (Å²) >= 11 is 5.69. The number of aryl methyl sites for hydroxylation is 1. The summed E-state index contributed by atoms with van der Waals surface area (Å²) in [7, 11) is 0. The molecule has 1 aromatic heterocycles. The average Bonchev–Trinajstić information content (AvgIpc) is 2.46. The zero-order valence-electron chi connectivity index (χ0n) is 10.9. The number of halogens is 1.